The summed E-state index contributed by atoms with van der Waals surface area (Å²) in [4.78, 5) is 4.35. The fourth-order valence-corrected chi connectivity index (χ4v) is 10.2. The average Bonchev–Trinajstić information content (AvgIpc) is 3.80. The average molecular weight is 889 g/mol. The molecule has 1 aromatic heterocycles. The standard InChI is InChI=1S/C64H41FN2O2/c65-55-40-45(42-19-5-1-6-20-42)39-54(44-23-9-3-10-24-44)63(55)67(46-25-11-4-12-26-46)57-38-37-51-50-36-35-47(41-61(50)68-60-34-18-30-53(57)62(51)60)66(56-31-15-13-27-48(56)43-21-7-2-8-22-43)58-32-17-29-52-49-28-14-16-33-59(49)69-64(52)58/h1-41H. The van der Waals surface area contributed by atoms with Gasteiger partial charge in [0.25, 0.3) is 0 Å². The summed E-state index contributed by atoms with van der Waals surface area (Å²) < 4.78 is 31.2. The number of para-hydroxylation sites is 4. The molecule has 5 heteroatoms. The predicted molar refractivity (Wildman–Crippen MR) is 282 cm³/mol. The topological polar surface area (TPSA) is 28.9 Å². The molecule has 0 N–H and O–H groups in total. The van der Waals surface area contributed by atoms with E-state index in [4.69, 9.17) is 9.15 Å². The summed E-state index contributed by atoms with van der Waals surface area (Å²) in [6, 6.07) is 84.4. The number of hydrogen-bond donors (Lipinski definition) is 0. The van der Waals surface area contributed by atoms with Crippen LogP contribution in [0.25, 0.3) is 77.2 Å². The Labute approximate surface area is 399 Å². The zero-order valence-corrected chi connectivity index (χ0v) is 37.3. The van der Waals surface area contributed by atoms with E-state index in [1.807, 2.05) is 121 Å². The van der Waals surface area contributed by atoms with Crippen molar-refractivity contribution in [1.29, 1.82) is 0 Å². The Balaban J connectivity index is 0.992. The second kappa shape index (κ2) is 16.6. The molecule has 0 unspecified atom stereocenters. The maximum absolute atomic E-state index is 17.5. The number of fused-ring (bicyclic) bond motifs is 5. The van der Waals surface area contributed by atoms with E-state index in [0.717, 1.165) is 117 Å². The van der Waals surface area contributed by atoms with Crippen LogP contribution < -0.4 is 14.5 Å². The molecule has 4 nitrogen and oxygen atoms in total. The lowest BCUT2D eigenvalue weighted by molar-refractivity contribution is 0.487. The van der Waals surface area contributed by atoms with Gasteiger partial charge in [0.1, 0.15) is 22.9 Å². The minimum atomic E-state index is -0.328. The van der Waals surface area contributed by atoms with Crippen molar-refractivity contribution in [2.45, 2.75) is 0 Å². The van der Waals surface area contributed by atoms with E-state index < -0.39 is 0 Å². The molecule has 326 valence electrons. The molecule has 0 bridgehead atoms. The first-order chi connectivity index (χ1) is 34.2. The molecule has 1 aliphatic heterocycles. The van der Waals surface area contributed by atoms with Crippen molar-refractivity contribution in [3.05, 3.63) is 255 Å². The van der Waals surface area contributed by atoms with Crippen LogP contribution in [0.5, 0.6) is 11.5 Å². The van der Waals surface area contributed by atoms with Crippen LogP contribution in [-0.4, -0.2) is 0 Å². The molecule has 0 saturated carbocycles. The largest absolute Gasteiger partial charge is 0.456 e. The van der Waals surface area contributed by atoms with Gasteiger partial charge in [0.05, 0.1) is 28.4 Å². The molecule has 0 spiro atoms. The number of furan rings is 1. The molecule has 13 rings (SSSR count). The summed E-state index contributed by atoms with van der Waals surface area (Å²) in [6.45, 7) is 0. The molecular formula is C64H41FN2O2. The molecule has 0 aliphatic carbocycles. The zero-order valence-electron chi connectivity index (χ0n) is 37.3. The van der Waals surface area contributed by atoms with Crippen LogP contribution in [0.2, 0.25) is 0 Å². The molecule has 0 fully saturated rings. The Morgan fingerprint density at radius 2 is 0.942 bits per heavy atom. The molecule has 11 aromatic carbocycles. The molecule has 0 amide bonds. The molecule has 1 aliphatic rings. The van der Waals surface area contributed by atoms with E-state index in [1.165, 1.54) is 0 Å². The Bertz CT molecular complexity index is 3890. The van der Waals surface area contributed by atoms with Gasteiger partial charge in [-0.15, -0.1) is 0 Å². The number of hydrogen-bond acceptors (Lipinski definition) is 4. The van der Waals surface area contributed by atoms with Gasteiger partial charge in [0.15, 0.2) is 5.58 Å². The van der Waals surface area contributed by atoms with Crippen LogP contribution in [0.3, 0.4) is 0 Å². The number of benzene rings is 11. The van der Waals surface area contributed by atoms with E-state index in [1.54, 1.807) is 6.07 Å². The number of rotatable bonds is 9. The van der Waals surface area contributed by atoms with Crippen LogP contribution in [0, 0.1) is 5.82 Å². The monoisotopic (exact) mass is 888 g/mol. The van der Waals surface area contributed by atoms with Crippen LogP contribution in [0.1, 0.15) is 0 Å². The van der Waals surface area contributed by atoms with Gasteiger partial charge >= 0.3 is 0 Å². The van der Waals surface area contributed by atoms with Gasteiger partial charge in [0.2, 0.25) is 0 Å². The summed E-state index contributed by atoms with van der Waals surface area (Å²) in [5.41, 5.74) is 14.2. The SMILES string of the molecule is Fc1cc(-c2ccccc2)cc(-c2ccccc2)c1N(c1ccccc1)c1ccc2c3c(cccc13)Oc1cc(N(c3ccccc3-c3ccccc3)c3cccc4c3oc3ccccc34)ccc1-2. The quantitative estimate of drug-likeness (QED) is 0.144. The maximum atomic E-state index is 17.5. The van der Waals surface area contributed by atoms with Crippen LogP contribution in [-0.2, 0) is 0 Å². The second-order valence-electron chi connectivity index (χ2n) is 17.3. The van der Waals surface area contributed by atoms with Gasteiger partial charge in [-0.1, -0.05) is 176 Å². The fourth-order valence-electron chi connectivity index (χ4n) is 10.2. The highest BCUT2D eigenvalue weighted by atomic mass is 19.1. The Morgan fingerprint density at radius 1 is 0.333 bits per heavy atom. The minimum absolute atomic E-state index is 0.328. The van der Waals surface area contributed by atoms with Gasteiger partial charge in [-0.25, -0.2) is 4.39 Å². The first-order valence-corrected chi connectivity index (χ1v) is 23.2. The second-order valence-corrected chi connectivity index (χ2v) is 17.3. The Hall–Kier alpha value is -9.19. The van der Waals surface area contributed by atoms with Crippen molar-refractivity contribution in [3.63, 3.8) is 0 Å². The van der Waals surface area contributed by atoms with E-state index in [2.05, 4.69) is 131 Å². The van der Waals surface area contributed by atoms with Crippen LogP contribution in [0.4, 0.5) is 38.5 Å². The van der Waals surface area contributed by atoms with Gasteiger partial charge in [-0.2, -0.15) is 0 Å². The Morgan fingerprint density at radius 3 is 1.72 bits per heavy atom. The highest BCUT2D eigenvalue weighted by Crippen LogP contribution is 2.54. The van der Waals surface area contributed by atoms with Crippen LogP contribution in [0.15, 0.2) is 253 Å². The number of anilines is 6. The lowest BCUT2D eigenvalue weighted by atomic mass is 9.92. The highest BCUT2D eigenvalue weighted by molar-refractivity contribution is 6.13. The fraction of sp³-hybridized carbons (Fsp3) is 0. The zero-order chi connectivity index (χ0) is 45.8. The summed E-state index contributed by atoms with van der Waals surface area (Å²) >= 11 is 0. The summed E-state index contributed by atoms with van der Waals surface area (Å²) in [6.07, 6.45) is 0. The van der Waals surface area contributed by atoms with E-state index in [-0.39, 0.29) is 5.82 Å². The van der Waals surface area contributed by atoms with Gasteiger partial charge in [-0.3, -0.25) is 0 Å². The third kappa shape index (κ3) is 6.82. The van der Waals surface area contributed by atoms with Gasteiger partial charge in [-0.05, 0) is 94.5 Å². The van der Waals surface area contributed by atoms with Crippen molar-refractivity contribution in [3.8, 4) is 56.0 Å². The first-order valence-electron chi connectivity index (χ1n) is 23.2. The van der Waals surface area contributed by atoms with Crippen LogP contribution >= 0.6 is 0 Å². The molecule has 69 heavy (non-hydrogen) atoms. The number of ether oxygens (including phenoxy) is 1. The third-order valence-electron chi connectivity index (χ3n) is 13.3. The van der Waals surface area contributed by atoms with Crippen molar-refractivity contribution in [2.75, 3.05) is 9.80 Å². The molecule has 2 heterocycles. The normalized spacial score (nSPS) is 11.7. The molecule has 0 radical (unpaired) electrons. The van der Waals surface area contributed by atoms with E-state index in [0.29, 0.717) is 5.69 Å². The number of nitrogens with zero attached hydrogens (tertiary/aromatic N) is 2. The van der Waals surface area contributed by atoms with Crippen molar-refractivity contribution >= 4 is 66.8 Å². The van der Waals surface area contributed by atoms with Gasteiger partial charge in [0, 0.05) is 50.0 Å². The van der Waals surface area contributed by atoms with Gasteiger partial charge < -0.3 is 19.0 Å². The summed E-state index contributed by atoms with van der Waals surface area (Å²) in [5.74, 6) is 1.12. The molecule has 0 atom stereocenters. The smallest absolute Gasteiger partial charge is 0.159 e. The molecule has 0 saturated heterocycles. The molecule has 12 aromatic rings. The van der Waals surface area contributed by atoms with E-state index in [9.17, 15) is 0 Å². The van der Waals surface area contributed by atoms with E-state index >= 15 is 4.39 Å². The summed E-state index contributed by atoms with van der Waals surface area (Å²) in [5, 5.41) is 4.00. The predicted octanol–water partition coefficient (Wildman–Crippen LogP) is 18.6. The third-order valence-corrected chi connectivity index (χ3v) is 13.3. The Kier molecular flexibility index (Phi) is 9.65. The molecular weight excluding hydrogens is 848 g/mol. The highest BCUT2D eigenvalue weighted by Gasteiger charge is 2.29. The maximum Gasteiger partial charge on any atom is 0.159 e. The van der Waals surface area contributed by atoms with Crippen molar-refractivity contribution < 1.29 is 13.5 Å². The first kappa shape index (κ1) is 40.1. The number of halogens is 1. The minimum Gasteiger partial charge on any atom is -0.456 e. The van der Waals surface area contributed by atoms with Crippen molar-refractivity contribution in [2.24, 2.45) is 0 Å². The summed E-state index contributed by atoms with van der Waals surface area (Å²) in [7, 11) is 0. The van der Waals surface area contributed by atoms with Crippen molar-refractivity contribution in [1.82, 2.24) is 0 Å². The lowest BCUT2D eigenvalue weighted by Crippen LogP contribution is -2.14. The lowest BCUT2D eigenvalue weighted by Gasteiger charge is -2.32.